The Hall–Kier alpha value is -0.920. The molecular weight excluding hydrogens is 266 g/mol. The van der Waals surface area contributed by atoms with Crippen molar-refractivity contribution >= 4 is 0 Å². The molecule has 0 unspecified atom stereocenters. The Morgan fingerprint density at radius 3 is 2.29 bits per heavy atom. The van der Waals surface area contributed by atoms with E-state index in [2.05, 4.69) is 13.8 Å². The Labute approximate surface area is 128 Å². The van der Waals surface area contributed by atoms with Gasteiger partial charge in [-0.3, -0.25) is 0 Å². The second kappa shape index (κ2) is 7.91. The predicted octanol–water partition coefficient (Wildman–Crippen LogP) is 6.38. The van der Waals surface area contributed by atoms with Crippen LogP contribution in [0.25, 0.3) is 0 Å². The van der Waals surface area contributed by atoms with E-state index in [9.17, 15) is 8.78 Å². The fraction of sp³-hybridized carbons (Fsp3) is 0.684. The van der Waals surface area contributed by atoms with Crippen molar-refractivity contribution in [2.75, 3.05) is 0 Å². The van der Waals surface area contributed by atoms with Crippen LogP contribution in [-0.4, -0.2) is 0 Å². The summed E-state index contributed by atoms with van der Waals surface area (Å²) in [7, 11) is 0. The third-order valence-electron chi connectivity index (χ3n) is 5.11. The van der Waals surface area contributed by atoms with Crippen molar-refractivity contribution < 1.29 is 8.78 Å². The van der Waals surface area contributed by atoms with Gasteiger partial charge < -0.3 is 0 Å². The van der Waals surface area contributed by atoms with Gasteiger partial charge in [0.25, 0.3) is 0 Å². The molecule has 118 valence electrons. The van der Waals surface area contributed by atoms with E-state index in [1.807, 2.05) is 12.1 Å². The summed E-state index contributed by atoms with van der Waals surface area (Å²) >= 11 is 0. The molecule has 0 radical (unpaired) electrons. The summed E-state index contributed by atoms with van der Waals surface area (Å²) in [4.78, 5) is 0. The second-order valence-corrected chi connectivity index (χ2v) is 6.52. The Morgan fingerprint density at radius 1 is 0.952 bits per heavy atom. The van der Waals surface area contributed by atoms with Gasteiger partial charge in [0.05, 0.1) is 0 Å². The van der Waals surface area contributed by atoms with Gasteiger partial charge in [0.1, 0.15) is 0 Å². The number of benzene rings is 1. The SMILES string of the molecule is CCCCCc1ccc(C2CCC(CC)CC2)c(F)c1F. The van der Waals surface area contributed by atoms with Crippen LogP contribution in [-0.2, 0) is 6.42 Å². The van der Waals surface area contributed by atoms with Crippen molar-refractivity contribution in [2.24, 2.45) is 5.92 Å². The zero-order chi connectivity index (χ0) is 15.2. The minimum absolute atomic E-state index is 0.215. The van der Waals surface area contributed by atoms with Crippen molar-refractivity contribution in [3.05, 3.63) is 34.9 Å². The number of hydrogen-bond donors (Lipinski definition) is 0. The highest BCUT2D eigenvalue weighted by Crippen LogP contribution is 2.38. The molecule has 2 heteroatoms. The van der Waals surface area contributed by atoms with Gasteiger partial charge in [0.2, 0.25) is 0 Å². The van der Waals surface area contributed by atoms with Crippen LogP contribution in [0.2, 0.25) is 0 Å². The number of rotatable bonds is 6. The topological polar surface area (TPSA) is 0 Å². The van der Waals surface area contributed by atoms with Gasteiger partial charge >= 0.3 is 0 Å². The first-order valence-corrected chi connectivity index (χ1v) is 8.64. The summed E-state index contributed by atoms with van der Waals surface area (Å²) in [6.45, 7) is 4.34. The van der Waals surface area contributed by atoms with Crippen molar-refractivity contribution in [2.45, 2.75) is 77.6 Å². The van der Waals surface area contributed by atoms with Gasteiger partial charge in [0.15, 0.2) is 11.6 Å². The second-order valence-electron chi connectivity index (χ2n) is 6.52. The summed E-state index contributed by atoms with van der Waals surface area (Å²) in [6, 6.07) is 3.66. The zero-order valence-corrected chi connectivity index (χ0v) is 13.4. The molecule has 0 nitrogen and oxygen atoms in total. The van der Waals surface area contributed by atoms with E-state index < -0.39 is 11.6 Å². The predicted molar refractivity (Wildman–Crippen MR) is 84.6 cm³/mol. The lowest BCUT2D eigenvalue weighted by Crippen LogP contribution is -2.14. The molecule has 0 bridgehead atoms. The lowest BCUT2D eigenvalue weighted by atomic mass is 9.77. The summed E-state index contributed by atoms with van der Waals surface area (Å²) < 4.78 is 28.6. The zero-order valence-electron chi connectivity index (χ0n) is 13.4. The molecule has 0 aromatic heterocycles. The molecule has 1 aliphatic carbocycles. The van der Waals surface area contributed by atoms with Gasteiger partial charge in [0, 0.05) is 0 Å². The first kappa shape index (κ1) is 16.5. The van der Waals surface area contributed by atoms with Crippen LogP contribution in [0.15, 0.2) is 12.1 Å². The summed E-state index contributed by atoms with van der Waals surface area (Å²) in [5.41, 5.74) is 1.16. The van der Waals surface area contributed by atoms with Crippen LogP contribution in [0.3, 0.4) is 0 Å². The highest BCUT2D eigenvalue weighted by atomic mass is 19.2. The first-order chi connectivity index (χ1) is 10.2. The maximum absolute atomic E-state index is 14.4. The lowest BCUT2D eigenvalue weighted by molar-refractivity contribution is 0.312. The van der Waals surface area contributed by atoms with E-state index in [1.165, 1.54) is 6.42 Å². The van der Waals surface area contributed by atoms with Crippen molar-refractivity contribution in [3.63, 3.8) is 0 Å². The van der Waals surface area contributed by atoms with Crippen LogP contribution < -0.4 is 0 Å². The Bertz CT molecular complexity index is 445. The normalized spacial score (nSPS) is 22.5. The Kier molecular flexibility index (Phi) is 6.20. The third kappa shape index (κ3) is 4.05. The van der Waals surface area contributed by atoms with Gasteiger partial charge in [-0.25, -0.2) is 8.78 Å². The van der Waals surface area contributed by atoms with Gasteiger partial charge in [-0.05, 0) is 61.5 Å². The highest BCUT2D eigenvalue weighted by Gasteiger charge is 2.25. The van der Waals surface area contributed by atoms with E-state index in [0.29, 0.717) is 17.5 Å². The molecule has 2 rings (SSSR count). The molecule has 0 spiro atoms. The molecular formula is C19H28F2. The van der Waals surface area contributed by atoms with Crippen LogP contribution in [0.4, 0.5) is 8.78 Å². The van der Waals surface area contributed by atoms with Gasteiger partial charge in [-0.1, -0.05) is 45.2 Å². The maximum Gasteiger partial charge on any atom is 0.162 e. The van der Waals surface area contributed by atoms with E-state index >= 15 is 0 Å². The number of aryl methyl sites for hydroxylation is 1. The van der Waals surface area contributed by atoms with Gasteiger partial charge in [-0.2, -0.15) is 0 Å². The number of unbranched alkanes of at least 4 members (excludes halogenated alkanes) is 2. The van der Waals surface area contributed by atoms with Crippen molar-refractivity contribution in [1.29, 1.82) is 0 Å². The van der Waals surface area contributed by atoms with Crippen molar-refractivity contribution in [3.8, 4) is 0 Å². The Balaban J connectivity index is 2.06. The molecule has 0 saturated heterocycles. The van der Waals surface area contributed by atoms with E-state index in [4.69, 9.17) is 0 Å². The molecule has 0 N–H and O–H groups in total. The molecule has 0 heterocycles. The third-order valence-corrected chi connectivity index (χ3v) is 5.11. The smallest absolute Gasteiger partial charge is 0.162 e. The molecule has 1 aromatic rings. The number of halogens is 2. The standard InChI is InChI=1S/C19H28F2/c1-3-5-6-7-16-12-13-17(19(21)18(16)20)15-10-8-14(4-2)9-11-15/h12-15H,3-11H2,1-2H3. The van der Waals surface area contributed by atoms with E-state index in [-0.39, 0.29) is 5.92 Å². The largest absolute Gasteiger partial charge is 0.203 e. The average molecular weight is 294 g/mol. The van der Waals surface area contributed by atoms with Gasteiger partial charge in [-0.15, -0.1) is 0 Å². The van der Waals surface area contributed by atoms with Crippen LogP contribution >= 0.6 is 0 Å². The minimum Gasteiger partial charge on any atom is -0.203 e. The summed E-state index contributed by atoms with van der Waals surface area (Å²) in [5, 5.41) is 0. The van der Waals surface area contributed by atoms with Crippen LogP contribution in [0.5, 0.6) is 0 Å². The molecule has 0 amide bonds. The van der Waals surface area contributed by atoms with Crippen molar-refractivity contribution in [1.82, 2.24) is 0 Å². The molecule has 1 fully saturated rings. The summed E-state index contributed by atoms with van der Waals surface area (Å²) in [5.74, 6) is -0.181. The molecule has 1 saturated carbocycles. The van der Waals surface area contributed by atoms with E-state index in [0.717, 1.165) is 50.9 Å². The minimum atomic E-state index is -0.596. The summed E-state index contributed by atoms with van der Waals surface area (Å²) in [6.07, 6.45) is 9.29. The Morgan fingerprint density at radius 2 is 1.67 bits per heavy atom. The van der Waals surface area contributed by atoms with E-state index in [1.54, 1.807) is 0 Å². The molecule has 0 atom stereocenters. The average Bonchev–Trinajstić information content (AvgIpc) is 2.52. The highest BCUT2D eigenvalue weighted by molar-refractivity contribution is 5.29. The fourth-order valence-corrected chi connectivity index (χ4v) is 3.56. The van der Waals surface area contributed by atoms with Crippen LogP contribution in [0.1, 0.15) is 82.3 Å². The number of hydrogen-bond acceptors (Lipinski definition) is 0. The maximum atomic E-state index is 14.4. The molecule has 1 aromatic carbocycles. The first-order valence-electron chi connectivity index (χ1n) is 8.64. The fourth-order valence-electron chi connectivity index (χ4n) is 3.56. The molecule has 1 aliphatic rings. The lowest BCUT2D eigenvalue weighted by Gasteiger charge is -2.28. The monoisotopic (exact) mass is 294 g/mol. The molecule has 21 heavy (non-hydrogen) atoms. The van der Waals surface area contributed by atoms with Crippen LogP contribution in [0, 0.1) is 17.6 Å². The quantitative estimate of drug-likeness (QED) is 0.534. The molecule has 0 aliphatic heterocycles.